The fourth-order valence-electron chi connectivity index (χ4n) is 16.1. The van der Waals surface area contributed by atoms with E-state index in [4.69, 9.17) is 0 Å². The van der Waals surface area contributed by atoms with Crippen LogP contribution in [0.2, 0.25) is 0 Å². The van der Waals surface area contributed by atoms with Crippen molar-refractivity contribution in [3.63, 3.8) is 0 Å². The van der Waals surface area contributed by atoms with Gasteiger partial charge >= 0.3 is 0 Å². The van der Waals surface area contributed by atoms with Crippen LogP contribution in [0.25, 0.3) is 94.3 Å². The average molecular weight is 1160 g/mol. The van der Waals surface area contributed by atoms with Crippen molar-refractivity contribution in [2.24, 2.45) is 0 Å². The predicted octanol–water partition coefficient (Wildman–Crippen LogP) is 23.3. The maximum Gasteiger partial charge on any atom is 0.0541 e. The summed E-state index contributed by atoms with van der Waals surface area (Å²) in [4.78, 5) is 4.99. The van der Waals surface area contributed by atoms with Crippen molar-refractivity contribution < 1.29 is 0 Å². The van der Waals surface area contributed by atoms with Crippen LogP contribution in [0.15, 0.2) is 334 Å². The molecule has 1 atom stereocenters. The number of anilines is 6. The highest BCUT2D eigenvalue weighted by atomic mass is 15.2. The van der Waals surface area contributed by atoms with E-state index in [-0.39, 0.29) is 11.8 Å². The monoisotopic (exact) mass is 1160 g/mol. The second-order valence-corrected chi connectivity index (χ2v) is 24.6. The Labute approximate surface area is 529 Å². The predicted molar refractivity (Wildman–Crippen MR) is 379 cm³/mol. The first-order valence-corrected chi connectivity index (χ1v) is 31.7. The van der Waals surface area contributed by atoms with E-state index in [1.165, 1.54) is 122 Å². The number of hydrogen-bond donors (Lipinski definition) is 0. The van der Waals surface area contributed by atoms with Crippen molar-refractivity contribution in [3.8, 4) is 61.3 Å². The molecule has 1 heterocycles. The molecule has 0 amide bonds. The molecule has 19 rings (SSSR count). The Morgan fingerprint density at radius 2 is 0.604 bits per heavy atom. The molecule has 0 saturated carbocycles. The van der Waals surface area contributed by atoms with Gasteiger partial charge in [-0.1, -0.05) is 237 Å². The summed E-state index contributed by atoms with van der Waals surface area (Å²) in [5.41, 5.74) is 35.5. The summed E-state index contributed by atoms with van der Waals surface area (Å²) < 4.78 is 2.41. The third-order valence-electron chi connectivity index (χ3n) is 19.8. The first-order valence-electron chi connectivity index (χ1n) is 31.7. The number of nitrogens with zero attached hydrogens (tertiary/aromatic N) is 3. The van der Waals surface area contributed by atoms with E-state index < -0.39 is 0 Å². The molecular formula is C88H57N3. The Bertz CT molecular complexity index is 5410. The minimum Gasteiger partial charge on any atom is -0.310 e. The summed E-state index contributed by atoms with van der Waals surface area (Å²) in [5, 5.41) is 2.42. The van der Waals surface area contributed by atoms with Crippen LogP contribution < -0.4 is 9.80 Å². The molecule has 1 aromatic heterocycles. The van der Waals surface area contributed by atoms with Crippen molar-refractivity contribution in [1.82, 2.24) is 4.57 Å². The van der Waals surface area contributed by atoms with Gasteiger partial charge in [0.15, 0.2) is 0 Å². The number of hydrogen-bond acceptors (Lipinski definition) is 2. The van der Waals surface area contributed by atoms with E-state index in [1.807, 2.05) is 0 Å². The van der Waals surface area contributed by atoms with Crippen LogP contribution >= 0.6 is 0 Å². The summed E-state index contributed by atoms with van der Waals surface area (Å²) in [7, 11) is 0. The summed E-state index contributed by atoms with van der Waals surface area (Å²) in [6.45, 7) is 0. The second-order valence-electron chi connectivity index (χ2n) is 24.6. The third kappa shape index (κ3) is 7.87. The number of benzene rings is 14. The molecule has 0 bridgehead atoms. The fraction of sp³-hybridized carbons (Fsp3) is 0.0227. The number of para-hydroxylation sites is 4. The molecule has 0 saturated heterocycles. The molecule has 0 fully saturated rings. The maximum atomic E-state index is 2.52. The van der Waals surface area contributed by atoms with Gasteiger partial charge in [-0.05, 0) is 208 Å². The number of fused-ring (bicyclic) bond motifs is 15. The van der Waals surface area contributed by atoms with Gasteiger partial charge in [0, 0.05) is 62.4 Å². The van der Waals surface area contributed by atoms with Crippen molar-refractivity contribution in [1.29, 1.82) is 0 Å². The van der Waals surface area contributed by atoms with Gasteiger partial charge in [-0.3, -0.25) is 0 Å². The lowest BCUT2D eigenvalue weighted by Gasteiger charge is -2.31. The van der Waals surface area contributed by atoms with Crippen LogP contribution in [0, 0.1) is 0 Å². The van der Waals surface area contributed by atoms with Crippen molar-refractivity contribution >= 4 is 67.1 Å². The van der Waals surface area contributed by atoms with Gasteiger partial charge in [-0.2, -0.15) is 0 Å². The highest BCUT2D eigenvalue weighted by molar-refractivity contribution is 6.19. The van der Waals surface area contributed by atoms with Gasteiger partial charge in [0.05, 0.1) is 11.0 Å². The lowest BCUT2D eigenvalue weighted by atomic mass is 9.78. The summed E-state index contributed by atoms with van der Waals surface area (Å²) >= 11 is 0. The van der Waals surface area contributed by atoms with E-state index in [2.05, 4.69) is 348 Å². The van der Waals surface area contributed by atoms with E-state index >= 15 is 0 Å². The number of aromatic nitrogens is 1. The summed E-state index contributed by atoms with van der Waals surface area (Å²) in [6.07, 6.45) is 0. The van der Waals surface area contributed by atoms with E-state index in [0.717, 1.165) is 50.9 Å². The minimum absolute atomic E-state index is 0.0887. The van der Waals surface area contributed by atoms with Crippen LogP contribution in [0.5, 0.6) is 0 Å². The molecule has 1 unspecified atom stereocenters. The zero-order valence-corrected chi connectivity index (χ0v) is 49.8. The van der Waals surface area contributed by atoms with Gasteiger partial charge in [0.1, 0.15) is 0 Å². The molecule has 4 aliphatic carbocycles. The highest BCUT2D eigenvalue weighted by Gasteiger charge is 2.42. The molecule has 4 aliphatic rings. The maximum absolute atomic E-state index is 2.52. The summed E-state index contributed by atoms with van der Waals surface area (Å²) in [5.74, 6) is 0.229. The minimum atomic E-state index is 0.0887. The molecular weight excluding hydrogens is 1100 g/mol. The molecule has 0 aliphatic heterocycles. The Balaban J connectivity index is 0.853. The lowest BCUT2D eigenvalue weighted by molar-refractivity contribution is 0.724. The molecule has 15 aromatic rings. The first kappa shape index (κ1) is 51.3. The Hall–Kier alpha value is -11.8. The van der Waals surface area contributed by atoms with Gasteiger partial charge in [-0.25, -0.2) is 0 Å². The third-order valence-corrected chi connectivity index (χ3v) is 19.8. The molecule has 91 heavy (non-hydrogen) atoms. The Morgan fingerprint density at radius 1 is 0.209 bits per heavy atom. The van der Waals surface area contributed by atoms with Gasteiger partial charge in [0.25, 0.3) is 0 Å². The Kier molecular flexibility index (Phi) is 11.5. The van der Waals surface area contributed by atoms with Gasteiger partial charge < -0.3 is 14.4 Å². The first-order chi connectivity index (χ1) is 45.2. The second kappa shape index (κ2) is 20.4. The topological polar surface area (TPSA) is 11.4 Å². The highest BCUT2D eigenvalue weighted by Crippen LogP contribution is 2.60. The lowest BCUT2D eigenvalue weighted by Crippen LogP contribution is -2.14. The van der Waals surface area contributed by atoms with Crippen LogP contribution in [-0.4, -0.2) is 4.57 Å². The number of rotatable bonds is 9. The SMILES string of the molecule is c1ccc(N(c2cc(-c3ccc4c(c3)c3ccccc3n4-c3ccccc3)cc(N(c3ccccc3)c3ccc4c(c3)C(C3c5ccccc5-c5ccccc53)c3ccccc3-4)c2)c2ccc3c(c2)C(=C2c4ccccc4-c4ccccc42)c2ccccc2-3)cc1. The van der Waals surface area contributed by atoms with Crippen LogP contribution in [-0.2, 0) is 0 Å². The van der Waals surface area contributed by atoms with E-state index in [9.17, 15) is 0 Å². The van der Waals surface area contributed by atoms with E-state index in [0.29, 0.717) is 0 Å². The average Bonchev–Trinajstić information content (AvgIpc) is 1.60. The van der Waals surface area contributed by atoms with Crippen LogP contribution in [0.4, 0.5) is 34.1 Å². The molecule has 0 spiro atoms. The normalized spacial score (nSPS) is 13.7. The Morgan fingerprint density at radius 3 is 1.15 bits per heavy atom. The van der Waals surface area contributed by atoms with Crippen molar-refractivity contribution in [2.45, 2.75) is 11.8 Å². The molecule has 0 radical (unpaired) electrons. The molecule has 0 N–H and O–H groups in total. The smallest absolute Gasteiger partial charge is 0.0541 e. The van der Waals surface area contributed by atoms with Crippen molar-refractivity contribution in [3.05, 3.63) is 378 Å². The molecule has 14 aromatic carbocycles. The fourth-order valence-corrected chi connectivity index (χ4v) is 16.1. The molecule has 3 heteroatoms. The van der Waals surface area contributed by atoms with E-state index in [1.54, 1.807) is 0 Å². The zero-order valence-electron chi connectivity index (χ0n) is 49.8. The summed E-state index contributed by atoms with van der Waals surface area (Å²) in [6, 6.07) is 125. The molecule has 424 valence electrons. The zero-order chi connectivity index (χ0) is 59.7. The quantitative estimate of drug-likeness (QED) is 0.143. The van der Waals surface area contributed by atoms with Gasteiger partial charge in [0.2, 0.25) is 0 Å². The van der Waals surface area contributed by atoms with Crippen LogP contribution in [0.1, 0.15) is 56.3 Å². The van der Waals surface area contributed by atoms with Crippen LogP contribution in [0.3, 0.4) is 0 Å². The largest absolute Gasteiger partial charge is 0.310 e. The van der Waals surface area contributed by atoms with Gasteiger partial charge in [-0.15, -0.1) is 0 Å². The molecule has 3 nitrogen and oxygen atoms in total. The standard InChI is InChI=1S/C88H57N3/c1-4-24-58(25-5-1)89(61-45-47-71-69-34-14-20-41-78(69)87(81(71)54-61)85-74-37-16-10-30-65(74)66-31-11-17-38-75(66)85)63-50-57(56-44-49-84-80(52-56)73-36-22-23-43-83(73)91(84)60-28-8-3-9-29-60)51-64(53-63)90(59-26-6-2-7-27-59)62-46-48-72-70-35-15-21-42-79(70)88(82(72)55-62)86-76-39-18-12-32-67(76)68-33-13-19-40-77(68)86/h1-55,85,87H. The van der Waals surface area contributed by atoms with Crippen molar-refractivity contribution in [2.75, 3.05) is 9.80 Å².